The Hall–Kier alpha value is -14.0. The van der Waals surface area contributed by atoms with E-state index in [1.54, 1.807) is 80.8 Å². The van der Waals surface area contributed by atoms with Crippen LogP contribution in [0.15, 0.2) is 60.7 Å². The largest absolute Gasteiger partial charge is 0.480 e. The Labute approximate surface area is 865 Å². The van der Waals surface area contributed by atoms with Crippen LogP contribution in [0.5, 0.6) is 0 Å². The number of aliphatic hydroxyl groups excluding tert-OH is 5. The smallest absolute Gasteiger partial charge is 0.328 e. The zero-order valence-electron chi connectivity index (χ0n) is 84.8. The standard InChI is InChI=1S/C92H152N28O28S/c1-47(2)71(117-69(129)42-102-77(133)63(40-67(98)127)114-89(145)72(48(3)4)119-85(141)62(112-76(132)54(96)44-121)39-53-24-13-10-14-25-53)87(143)103-43-70(130)118-73(50(6)124)88(144)104-41-68(128)106-60(32-37-149-8)82(138)108-56(27-16-19-34-94)79(135)109-57(28-17-20-35-95)83(139)120-74(51(7)125)90(146)115-64(45-122)86(142)113-61(38-52-22-11-9-12-23-52)84(140)111-59(30-31-66(97)126)81(137)110-58(29-21-36-101-92(99)100)78(134)105-49(5)75(131)107-55(26-15-18-33-93)80(136)116-65(46-123)91(147)148/h9-14,22-25,47-51,54-65,71-74,121-125H,15-21,26-46,93-96H2,1-8H3,(H2,97,126)(H2,98,127)(H,102,133)(H,103,143)(H,104,144)(H,105,134)(H,106,128)(H,107,131)(H,108,138)(H,109,135)(H,110,137)(H,111,140)(H,112,132)(H,113,142)(H,114,145)(H,115,146)(H,116,136)(H,117,129)(H,118,130)(H,119,141)(H,120,139)(H,147,148)(H4,99,100,101)/t49-,50+,51+,54-,55-,56-,57-,58-,59-,60-,61-,62-,63-,64-,65-,71-,72-,73-,74-/m0/s1. The van der Waals surface area contributed by atoms with Crippen LogP contribution in [0, 0.1) is 17.2 Å². The number of nitrogens with two attached hydrogens (primary N) is 7. The van der Waals surface area contributed by atoms with E-state index in [1.807, 2.05) is 0 Å². The number of nitrogens with one attached hydrogen (secondary N) is 21. The molecular weight excluding hydrogens is 1980 g/mol. The van der Waals surface area contributed by atoms with Gasteiger partial charge in [0.05, 0.1) is 58.1 Å². The molecule has 21 amide bonds. The van der Waals surface area contributed by atoms with Gasteiger partial charge < -0.3 is 177 Å². The normalized spacial score (nSPS) is 14.9. The Bertz CT molecular complexity index is 4750. The molecule has 0 unspecified atom stereocenters. The number of carbonyl (C=O) groups is 22. The number of guanidine groups is 1. The molecule has 834 valence electrons. The van der Waals surface area contributed by atoms with Gasteiger partial charge in [-0.3, -0.25) is 106 Å². The van der Waals surface area contributed by atoms with Crippen LogP contribution in [0.25, 0.3) is 0 Å². The number of thioether (sulfide) groups is 1. The van der Waals surface area contributed by atoms with Crippen molar-refractivity contribution in [1.29, 1.82) is 5.41 Å². The molecule has 57 heteroatoms. The van der Waals surface area contributed by atoms with Gasteiger partial charge in [0.15, 0.2) is 5.96 Å². The van der Waals surface area contributed by atoms with Gasteiger partial charge in [0.25, 0.3) is 0 Å². The van der Waals surface area contributed by atoms with Crippen molar-refractivity contribution in [2.75, 3.05) is 77.6 Å². The van der Waals surface area contributed by atoms with Crippen LogP contribution in [0.2, 0.25) is 0 Å². The van der Waals surface area contributed by atoms with Crippen LogP contribution in [-0.2, 0) is 118 Å². The number of hydrogen-bond acceptors (Lipinski definition) is 33. The van der Waals surface area contributed by atoms with Crippen molar-refractivity contribution in [3.63, 3.8) is 0 Å². The summed E-state index contributed by atoms with van der Waals surface area (Å²) < 4.78 is 0. The summed E-state index contributed by atoms with van der Waals surface area (Å²) in [7, 11) is 0. The third-order valence-electron chi connectivity index (χ3n) is 22.6. The van der Waals surface area contributed by atoms with Gasteiger partial charge in [-0.15, -0.1) is 0 Å². The molecule has 0 fully saturated rings. The maximum atomic E-state index is 14.7. The molecule has 0 aliphatic heterocycles. The highest BCUT2D eigenvalue weighted by atomic mass is 32.2. The highest BCUT2D eigenvalue weighted by molar-refractivity contribution is 7.98. The van der Waals surface area contributed by atoms with E-state index in [0.717, 1.165) is 13.8 Å². The van der Waals surface area contributed by atoms with Gasteiger partial charge in [-0.1, -0.05) is 88.4 Å². The summed E-state index contributed by atoms with van der Waals surface area (Å²) in [6.07, 6.45) is -3.44. The molecule has 2 aromatic carbocycles. The molecule has 0 saturated heterocycles. The first-order valence-electron chi connectivity index (χ1n) is 48.6. The number of aliphatic carboxylic acids is 1. The summed E-state index contributed by atoms with van der Waals surface area (Å²) >= 11 is 1.25. The topological polar surface area (TPSA) is 944 Å². The second-order valence-corrected chi connectivity index (χ2v) is 36.8. The summed E-state index contributed by atoms with van der Waals surface area (Å²) in [6, 6.07) is -11.1. The zero-order chi connectivity index (χ0) is 112. The zero-order valence-corrected chi connectivity index (χ0v) is 85.6. The second-order valence-electron chi connectivity index (χ2n) is 35.8. The second kappa shape index (κ2) is 70.8. The Kier molecular flexibility index (Phi) is 62.3. The number of hydrogen-bond donors (Lipinski definition) is 34. The number of amides is 21. The summed E-state index contributed by atoms with van der Waals surface area (Å²) in [6.45, 7) is 4.20. The lowest BCUT2D eigenvalue weighted by Gasteiger charge is -2.29. The lowest BCUT2D eigenvalue weighted by molar-refractivity contribution is -0.143. The van der Waals surface area contributed by atoms with Crippen LogP contribution in [0.4, 0.5) is 0 Å². The number of carbonyl (C=O) groups excluding carboxylic acids is 21. The van der Waals surface area contributed by atoms with Crippen molar-refractivity contribution in [3.8, 4) is 0 Å². The van der Waals surface area contributed by atoms with Gasteiger partial charge in [-0.05, 0) is 159 Å². The lowest BCUT2D eigenvalue weighted by Crippen LogP contribution is -2.62. The van der Waals surface area contributed by atoms with Gasteiger partial charge in [-0.25, -0.2) is 4.79 Å². The van der Waals surface area contributed by atoms with Crippen molar-refractivity contribution in [2.24, 2.45) is 52.0 Å². The number of primary amides is 2. The number of benzene rings is 2. The SMILES string of the molecule is CSCC[C@H](NC(=O)CNC(=O)[C@@H](NC(=O)CNC(=O)[C@@H](NC(=O)CNC(=O)[C@H](CC(N)=O)NC(=O)[C@@H](NC(=O)[C@H](Cc1ccccc1)NC(=O)[C@@H](N)CO)C(C)C)C(C)C)[C@@H](C)O)C(=O)N[C@@H](CCCCN)C(=O)N[C@@H](CCCCN)C(=O)N[C@H](C(=O)N[C@@H](CO)C(=O)N[C@@H](Cc1ccccc1)C(=O)N[C@@H](CCC(N)=O)C(=O)N[C@@H](CCCNC(=N)N)C(=O)N[C@@H](C)C(=O)N[C@@H](CCCCN)C(=O)N[C@@H](CO)C(=O)O)[C@@H](C)O. The Morgan fingerprint density at radius 2 is 0.658 bits per heavy atom. The molecule has 2 aromatic rings. The molecule has 0 aliphatic rings. The Balaban J connectivity index is 2.35. The fourth-order valence-corrected chi connectivity index (χ4v) is 14.6. The average Bonchev–Trinajstić information content (AvgIpc) is 0.851. The van der Waals surface area contributed by atoms with Crippen LogP contribution < -0.4 is 146 Å². The van der Waals surface area contributed by atoms with E-state index >= 15 is 0 Å². The summed E-state index contributed by atoms with van der Waals surface area (Å²) in [5.41, 5.74) is 40.3. The first-order chi connectivity index (χ1) is 70.4. The van der Waals surface area contributed by atoms with Crippen LogP contribution >= 0.6 is 11.8 Å². The summed E-state index contributed by atoms with van der Waals surface area (Å²) in [4.78, 5) is 300. The first kappa shape index (κ1) is 131. The highest BCUT2D eigenvalue weighted by Crippen LogP contribution is 2.16. The number of unbranched alkanes of at least 4 members (excludes halogenated alkanes) is 3. The monoisotopic (exact) mass is 2130 g/mol. The Morgan fingerprint density at radius 3 is 1.07 bits per heavy atom. The van der Waals surface area contributed by atoms with Gasteiger partial charge in [0, 0.05) is 25.8 Å². The van der Waals surface area contributed by atoms with Gasteiger partial charge in [0.1, 0.15) is 103 Å². The molecule has 0 heterocycles. The first-order valence-corrected chi connectivity index (χ1v) is 50.0. The number of aliphatic hydroxyl groups is 5. The van der Waals surface area contributed by atoms with Gasteiger partial charge in [0.2, 0.25) is 124 Å². The van der Waals surface area contributed by atoms with Crippen molar-refractivity contribution < 1.29 is 136 Å². The molecule has 19 atom stereocenters. The molecule has 56 nitrogen and oxygen atoms in total. The van der Waals surface area contributed by atoms with E-state index in [1.165, 1.54) is 32.5 Å². The molecule has 0 bridgehead atoms. The Morgan fingerprint density at radius 1 is 0.329 bits per heavy atom. The molecule has 149 heavy (non-hydrogen) atoms. The fourth-order valence-electron chi connectivity index (χ4n) is 14.2. The van der Waals surface area contributed by atoms with Crippen molar-refractivity contribution in [2.45, 2.75) is 273 Å². The molecule has 0 aliphatic carbocycles. The molecule has 2 rings (SSSR count). The molecular formula is C92H152N28O28S. The maximum Gasteiger partial charge on any atom is 0.328 e. The van der Waals surface area contributed by atoms with E-state index < -0.39 is 321 Å². The van der Waals surface area contributed by atoms with Crippen molar-refractivity contribution in [1.82, 2.24) is 106 Å². The van der Waals surface area contributed by atoms with Crippen LogP contribution in [-0.4, -0.2) is 359 Å². The molecule has 0 radical (unpaired) electrons. The van der Waals surface area contributed by atoms with Gasteiger partial charge in [-0.2, -0.15) is 11.8 Å². The maximum absolute atomic E-state index is 14.7. The van der Waals surface area contributed by atoms with E-state index in [4.69, 9.17) is 45.5 Å². The minimum absolute atomic E-state index is 0.00300. The number of carboxylic acid groups (broad SMARTS) is 1. The third-order valence-corrected chi connectivity index (χ3v) is 23.3. The van der Waals surface area contributed by atoms with Crippen molar-refractivity contribution in [3.05, 3.63) is 71.8 Å². The van der Waals surface area contributed by atoms with Crippen molar-refractivity contribution >= 4 is 148 Å². The van der Waals surface area contributed by atoms with E-state index in [2.05, 4.69) is 106 Å². The fraction of sp³-hybridized carbons (Fsp3) is 0.620. The van der Waals surface area contributed by atoms with Gasteiger partial charge >= 0.3 is 5.97 Å². The summed E-state index contributed by atoms with van der Waals surface area (Å²) in [5, 5.41) is 116. The minimum Gasteiger partial charge on any atom is -0.480 e. The molecule has 0 aromatic heterocycles. The average molecular weight is 2130 g/mol. The van der Waals surface area contributed by atoms with E-state index in [0.29, 0.717) is 24.0 Å². The summed E-state index contributed by atoms with van der Waals surface area (Å²) in [5.74, 6) is -25.2. The number of carboxylic acids is 1. The minimum atomic E-state index is -2.01. The van der Waals surface area contributed by atoms with Crippen LogP contribution in [0.1, 0.15) is 156 Å². The predicted molar refractivity (Wildman–Crippen MR) is 539 cm³/mol. The third kappa shape index (κ3) is 51.0. The lowest BCUT2D eigenvalue weighted by atomic mass is 10.00. The molecule has 41 N–H and O–H groups in total. The quantitative estimate of drug-likeness (QED) is 0.0166. The highest BCUT2D eigenvalue weighted by Gasteiger charge is 2.41. The van der Waals surface area contributed by atoms with E-state index in [9.17, 15) is 136 Å². The number of rotatable bonds is 74. The predicted octanol–water partition coefficient (Wildman–Crippen LogP) is -13.4. The van der Waals surface area contributed by atoms with E-state index in [-0.39, 0.29) is 109 Å². The molecule has 0 saturated carbocycles. The molecule has 0 spiro atoms. The van der Waals surface area contributed by atoms with Crippen LogP contribution in [0.3, 0.4) is 0 Å².